The van der Waals surface area contributed by atoms with E-state index in [0.717, 1.165) is 0 Å². The molecular weight excluding hydrogens is 148 g/mol. The van der Waals surface area contributed by atoms with Crippen LogP contribution in [0.1, 0.15) is 6.42 Å². The second-order valence-corrected chi connectivity index (χ2v) is 1.93. The van der Waals surface area contributed by atoms with E-state index in [1.807, 2.05) is 0 Å². The van der Waals surface area contributed by atoms with Crippen molar-refractivity contribution in [2.45, 2.75) is 6.42 Å². The summed E-state index contributed by atoms with van der Waals surface area (Å²) in [5.74, 6) is -0.600. The zero-order valence-electron chi connectivity index (χ0n) is 6.39. The lowest BCUT2D eigenvalue weighted by atomic mass is 10.4. The van der Waals surface area contributed by atoms with Crippen LogP contribution in [0.2, 0.25) is 0 Å². The first-order chi connectivity index (χ1) is 5.20. The maximum atomic E-state index is 10.6. The van der Waals surface area contributed by atoms with Gasteiger partial charge >= 0.3 is 0 Å². The molecule has 0 unspecified atom stereocenters. The Labute approximate surface area is 64.8 Å². The van der Waals surface area contributed by atoms with Gasteiger partial charge in [0.2, 0.25) is 11.8 Å². The number of aliphatic hydroxyl groups excluding tert-OH is 1. The minimum absolute atomic E-state index is 0.136. The van der Waals surface area contributed by atoms with Crippen molar-refractivity contribution in [2.75, 3.05) is 20.2 Å². The number of carbonyl (C=O) groups is 2. The predicted molar refractivity (Wildman–Crippen MR) is 38.8 cm³/mol. The zero-order chi connectivity index (χ0) is 8.69. The van der Waals surface area contributed by atoms with Crippen LogP contribution in [0.15, 0.2) is 0 Å². The van der Waals surface area contributed by atoms with Crippen molar-refractivity contribution in [1.29, 1.82) is 0 Å². The molecule has 64 valence electrons. The average Bonchev–Trinajstić information content (AvgIpc) is 2.04. The van der Waals surface area contributed by atoms with E-state index in [9.17, 15) is 9.59 Å². The van der Waals surface area contributed by atoms with Crippen LogP contribution < -0.4 is 10.6 Å². The van der Waals surface area contributed by atoms with Crippen molar-refractivity contribution in [2.24, 2.45) is 0 Å². The van der Waals surface area contributed by atoms with Crippen LogP contribution in [0, 0.1) is 0 Å². The fourth-order valence-corrected chi connectivity index (χ4v) is 0.496. The van der Waals surface area contributed by atoms with Gasteiger partial charge in [-0.2, -0.15) is 0 Å². The second-order valence-electron chi connectivity index (χ2n) is 1.93. The van der Waals surface area contributed by atoms with Crippen LogP contribution in [0.5, 0.6) is 0 Å². The number of hydrogen-bond acceptors (Lipinski definition) is 3. The molecule has 0 saturated carbocycles. The minimum Gasteiger partial charge on any atom is -0.387 e. The molecule has 0 rings (SSSR count). The lowest BCUT2D eigenvalue weighted by Crippen LogP contribution is -2.30. The van der Waals surface area contributed by atoms with Gasteiger partial charge in [-0.3, -0.25) is 9.59 Å². The van der Waals surface area contributed by atoms with Crippen LogP contribution in [0.4, 0.5) is 0 Å². The first-order valence-corrected chi connectivity index (χ1v) is 3.29. The van der Waals surface area contributed by atoms with Crippen molar-refractivity contribution in [3.05, 3.63) is 0 Å². The Morgan fingerprint density at radius 3 is 2.45 bits per heavy atom. The quantitative estimate of drug-likeness (QED) is 0.455. The van der Waals surface area contributed by atoms with E-state index in [4.69, 9.17) is 5.11 Å². The highest BCUT2D eigenvalue weighted by Crippen LogP contribution is 1.74. The SMILES string of the molecule is CNC(=O)CCNC(=O)CO. The summed E-state index contributed by atoms with van der Waals surface area (Å²) in [5.41, 5.74) is 0. The lowest BCUT2D eigenvalue weighted by molar-refractivity contribution is -0.124. The zero-order valence-corrected chi connectivity index (χ0v) is 6.39. The topological polar surface area (TPSA) is 78.4 Å². The Morgan fingerprint density at radius 1 is 1.36 bits per heavy atom. The first kappa shape index (κ1) is 9.90. The van der Waals surface area contributed by atoms with E-state index in [1.165, 1.54) is 7.05 Å². The smallest absolute Gasteiger partial charge is 0.245 e. The van der Waals surface area contributed by atoms with Gasteiger partial charge in [-0.25, -0.2) is 0 Å². The fraction of sp³-hybridized carbons (Fsp3) is 0.667. The number of rotatable bonds is 4. The summed E-state index contributed by atoms with van der Waals surface area (Å²) in [6.45, 7) is -0.271. The first-order valence-electron chi connectivity index (χ1n) is 3.29. The highest BCUT2D eigenvalue weighted by molar-refractivity contribution is 5.79. The standard InChI is InChI=1S/C6H12N2O3/c1-7-5(10)2-3-8-6(11)4-9/h9H,2-4H2,1H3,(H,7,10)(H,8,11). The van der Waals surface area contributed by atoms with Crippen molar-refractivity contribution in [3.8, 4) is 0 Å². The van der Waals surface area contributed by atoms with Gasteiger partial charge in [0.1, 0.15) is 6.61 Å². The van der Waals surface area contributed by atoms with Gasteiger partial charge in [0.15, 0.2) is 0 Å². The molecule has 0 atom stereocenters. The Morgan fingerprint density at radius 2 is 2.00 bits per heavy atom. The summed E-state index contributed by atoms with van der Waals surface area (Å²) in [5, 5.41) is 13.0. The Balaban J connectivity index is 3.27. The van der Waals surface area contributed by atoms with E-state index in [0.29, 0.717) is 0 Å². The molecular formula is C6H12N2O3. The Bertz CT molecular complexity index is 131. The predicted octanol–water partition coefficient (Wildman–Crippen LogP) is -1.77. The Kier molecular flexibility index (Phi) is 5.10. The molecule has 11 heavy (non-hydrogen) atoms. The summed E-state index contributed by atoms with van der Waals surface area (Å²) in [4.78, 5) is 20.9. The number of amides is 2. The molecule has 0 aromatic heterocycles. The number of aliphatic hydroxyl groups is 1. The van der Waals surface area contributed by atoms with E-state index < -0.39 is 12.5 Å². The van der Waals surface area contributed by atoms with Crippen LogP contribution in [-0.4, -0.2) is 37.1 Å². The lowest BCUT2D eigenvalue weighted by Gasteiger charge is -2.00. The van der Waals surface area contributed by atoms with Gasteiger partial charge in [-0.1, -0.05) is 0 Å². The van der Waals surface area contributed by atoms with Crippen LogP contribution in [-0.2, 0) is 9.59 Å². The van der Waals surface area contributed by atoms with E-state index in [-0.39, 0.29) is 18.9 Å². The van der Waals surface area contributed by atoms with Crippen molar-refractivity contribution in [3.63, 3.8) is 0 Å². The molecule has 0 aromatic rings. The average molecular weight is 160 g/mol. The van der Waals surface area contributed by atoms with E-state index >= 15 is 0 Å². The number of carbonyl (C=O) groups excluding carboxylic acids is 2. The summed E-state index contributed by atoms with van der Waals surface area (Å²) in [6, 6.07) is 0. The molecule has 0 aromatic carbocycles. The monoisotopic (exact) mass is 160 g/mol. The fourth-order valence-electron chi connectivity index (χ4n) is 0.496. The highest BCUT2D eigenvalue weighted by atomic mass is 16.3. The maximum absolute atomic E-state index is 10.6. The van der Waals surface area contributed by atoms with Crippen molar-refractivity contribution in [1.82, 2.24) is 10.6 Å². The van der Waals surface area contributed by atoms with Gasteiger partial charge in [0.05, 0.1) is 0 Å². The van der Waals surface area contributed by atoms with Crippen LogP contribution >= 0.6 is 0 Å². The molecule has 0 radical (unpaired) electrons. The molecule has 0 aliphatic carbocycles. The largest absolute Gasteiger partial charge is 0.387 e. The second kappa shape index (κ2) is 5.67. The number of nitrogens with one attached hydrogen (secondary N) is 2. The third-order valence-electron chi connectivity index (χ3n) is 1.10. The van der Waals surface area contributed by atoms with Gasteiger partial charge in [-0.15, -0.1) is 0 Å². The molecule has 0 saturated heterocycles. The molecule has 0 fully saturated rings. The molecule has 0 spiro atoms. The third kappa shape index (κ3) is 5.35. The van der Waals surface area contributed by atoms with Crippen molar-refractivity contribution >= 4 is 11.8 Å². The minimum atomic E-state index is -0.534. The van der Waals surface area contributed by atoms with E-state index in [2.05, 4.69) is 10.6 Å². The van der Waals surface area contributed by atoms with Gasteiger partial charge in [0, 0.05) is 20.0 Å². The summed E-state index contributed by atoms with van der Waals surface area (Å²) in [6.07, 6.45) is 0.238. The molecule has 0 heterocycles. The molecule has 0 bridgehead atoms. The van der Waals surface area contributed by atoms with Crippen LogP contribution in [0.25, 0.3) is 0 Å². The summed E-state index contributed by atoms with van der Waals surface area (Å²) in [7, 11) is 1.52. The van der Waals surface area contributed by atoms with E-state index in [1.54, 1.807) is 0 Å². The molecule has 2 amide bonds. The number of hydrogen-bond donors (Lipinski definition) is 3. The van der Waals surface area contributed by atoms with Gasteiger partial charge in [0.25, 0.3) is 0 Å². The van der Waals surface area contributed by atoms with Crippen molar-refractivity contribution < 1.29 is 14.7 Å². The van der Waals surface area contributed by atoms with Gasteiger partial charge < -0.3 is 15.7 Å². The maximum Gasteiger partial charge on any atom is 0.245 e. The summed E-state index contributed by atoms with van der Waals surface area (Å²) >= 11 is 0. The third-order valence-corrected chi connectivity index (χ3v) is 1.10. The molecule has 3 N–H and O–H groups in total. The van der Waals surface area contributed by atoms with Crippen LogP contribution in [0.3, 0.4) is 0 Å². The summed E-state index contributed by atoms with van der Waals surface area (Å²) < 4.78 is 0. The molecule has 0 aliphatic rings. The van der Waals surface area contributed by atoms with Gasteiger partial charge in [-0.05, 0) is 0 Å². The molecule has 5 nitrogen and oxygen atoms in total. The normalized spacial score (nSPS) is 8.91. The molecule has 0 aliphatic heterocycles. The molecule has 5 heteroatoms. The highest BCUT2D eigenvalue weighted by Gasteiger charge is 1.99. The Hall–Kier alpha value is -1.10.